The van der Waals surface area contributed by atoms with E-state index in [4.69, 9.17) is 13.9 Å². The molecule has 220 valence electrons. The van der Waals surface area contributed by atoms with Gasteiger partial charge in [0.1, 0.15) is 12.2 Å². The first-order valence-corrected chi connectivity index (χ1v) is 16.4. The molecule has 2 amide bonds. The van der Waals surface area contributed by atoms with Crippen LogP contribution in [0.2, 0.25) is 18.1 Å². The molecule has 2 unspecified atom stereocenters. The van der Waals surface area contributed by atoms with Gasteiger partial charge < -0.3 is 24.1 Å². The number of amides is 2. The van der Waals surface area contributed by atoms with Crippen molar-refractivity contribution in [2.24, 2.45) is 5.41 Å². The number of rotatable bonds is 9. The summed E-state index contributed by atoms with van der Waals surface area (Å²) in [5, 5.41) is 13.7. The standard InChI is InChI=1S/C28H47N3O7Si/c1-26(2,3)37-25(33)30-17-23(38-39(9,10)27(4,5)6)15-22(30)16-28(7,8)19-29-24(32)36-18-20-11-13-21(14-12-20)31(34)35/h11-14,22-23H,15-19H2,1-10H3,(H,29,32). The highest BCUT2D eigenvalue weighted by Gasteiger charge is 2.45. The Hall–Kier alpha value is -2.66. The van der Waals surface area contributed by atoms with Gasteiger partial charge in [-0.2, -0.15) is 0 Å². The first kappa shape index (κ1) is 32.5. The summed E-state index contributed by atoms with van der Waals surface area (Å²) in [5.41, 5.74) is -0.316. The molecule has 0 aliphatic carbocycles. The second-order valence-corrected chi connectivity index (χ2v) is 18.5. The van der Waals surface area contributed by atoms with Crippen LogP contribution >= 0.6 is 0 Å². The maximum Gasteiger partial charge on any atom is 0.410 e. The molecule has 1 aliphatic heterocycles. The summed E-state index contributed by atoms with van der Waals surface area (Å²) in [7, 11) is -2.03. The van der Waals surface area contributed by atoms with Gasteiger partial charge in [-0.3, -0.25) is 10.1 Å². The summed E-state index contributed by atoms with van der Waals surface area (Å²) in [6.07, 6.45) is 0.362. The Morgan fingerprint density at radius 1 is 1.08 bits per heavy atom. The molecule has 0 radical (unpaired) electrons. The minimum atomic E-state index is -2.03. The molecule has 1 aromatic rings. The van der Waals surface area contributed by atoms with Gasteiger partial charge in [-0.1, -0.05) is 34.6 Å². The predicted octanol–water partition coefficient (Wildman–Crippen LogP) is 6.64. The monoisotopic (exact) mass is 565 g/mol. The molecule has 11 heteroatoms. The molecule has 1 heterocycles. The average molecular weight is 566 g/mol. The number of carbonyl (C=O) groups is 2. The normalized spacial score (nSPS) is 18.6. The highest BCUT2D eigenvalue weighted by Crippen LogP contribution is 2.40. The van der Waals surface area contributed by atoms with Crippen LogP contribution < -0.4 is 5.32 Å². The third-order valence-electron chi connectivity index (χ3n) is 7.29. The number of hydrogen-bond donors (Lipinski definition) is 1. The van der Waals surface area contributed by atoms with Crippen LogP contribution in [0.1, 0.15) is 73.8 Å². The van der Waals surface area contributed by atoms with Crippen LogP contribution in [0.5, 0.6) is 0 Å². The Morgan fingerprint density at radius 3 is 2.18 bits per heavy atom. The van der Waals surface area contributed by atoms with Crippen LogP contribution in [0.15, 0.2) is 24.3 Å². The van der Waals surface area contributed by atoms with Gasteiger partial charge in [0.2, 0.25) is 0 Å². The van der Waals surface area contributed by atoms with Crippen molar-refractivity contribution < 1.29 is 28.4 Å². The van der Waals surface area contributed by atoms with Gasteiger partial charge in [-0.15, -0.1) is 0 Å². The van der Waals surface area contributed by atoms with Gasteiger partial charge in [0, 0.05) is 31.3 Å². The molecular formula is C28H47N3O7Si. The summed E-state index contributed by atoms with van der Waals surface area (Å²) in [4.78, 5) is 37.6. The lowest BCUT2D eigenvalue weighted by Crippen LogP contribution is -2.45. The average Bonchev–Trinajstić information content (AvgIpc) is 3.15. The molecule has 1 N–H and O–H groups in total. The van der Waals surface area contributed by atoms with E-state index in [1.807, 2.05) is 34.6 Å². The predicted molar refractivity (Wildman–Crippen MR) is 153 cm³/mol. The number of alkyl carbamates (subject to hydrolysis) is 1. The zero-order valence-electron chi connectivity index (χ0n) is 25.3. The third kappa shape index (κ3) is 10.1. The van der Waals surface area contributed by atoms with Gasteiger partial charge >= 0.3 is 12.2 Å². The van der Waals surface area contributed by atoms with E-state index in [0.29, 0.717) is 31.5 Å². The molecule has 2 rings (SSSR count). The minimum Gasteiger partial charge on any atom is -0.445 e. The molecule has 0 spiro atoms. The summed E-state index contributed by atoms with van der Waals surface area (Å²) < 4.78 is 17.7. The number of ether oxygens (including phenoxy) is 2. The highest BCUT2D eigenvalue weighted by atomic mass is 28.4. The molecule has 1 aromatic carbocycles. The molecule has 2 atom stereocenters. The van der Waals surface area contributed by atoms with E-state index in [2.05, 4.69) is 39.2 Å². The molecule has 1 fully saturated rings. The first-order chi connectivity index (χ1) is 17.7. The second-order valence-electron chi connectivity index (χ2n) is 13.7. The Morgan fingerprint density at radius 2 is 1.67 bits per heavy atom. The molecule has 1 saturated heterocycles. The zero-order valence-corrected chi connectivity index (χ0v) is 26.3. The van der Waals surface area contributed by atoms with Crippen molar-refractivity contribution in [2.75, 3.05) is 13.1 Å². The van der Waals surface area contributed by atoms with E-state index in [1.165, 1.54) is 12.1 Å². The largest absolute Gasteiger partial charge is 0.445 e. The molecule has 39 heavy (non-hydrogen) atoms. The quantitative estimate of drug-likeness (QED) is 0.202. The summed E-state index contributed by atoms with van der Waals surface area (Å²) in [5.74, 6) is 0. The zero-order chi connectivity index (χ0) is 29.8. The lowest BCUT2D eigenvalue weighted by atomic mass is 9.84. The van der Waals surface area contributed by atoms with Crippen LogP contribution in [0.3, 0.4) is 0 Å². The fraction of sp³-hybridized carbons (Fsp3) is 0.714. The first-order valence-electron chi connectivity index (χ1n) is 13.5. The summed E-state index contributed by atoms with van der Waals surface area (Å²) >= 11 is 0. The Kier molecular flexibility index (Phi) is 10.2. The van der Waals surface area contributed by atoms with Crippen LogP contribution in [-0.4, -0.2) is 61.2 Å². The van der Waals surface area contributed by atoms with E-state index in [9.17, 15) is 19.7 Å². The fourth-order valence-corrected chi connectivity index (χ4v) is 5.58. The topological polar surface area (TPSA) is 120 Å². The van der Waals surface area contributed by atoms with Crippen LogP contribution in [0.4, 0.5) is 15.3 Å². The lowest BCUT2D eigenvalue weighted by Gasteiger charge is -2.38. The maximum absolute atomic E-state index is 13.1. The minimum absolute atomic E-state index is 0.00573. The second kappa shape index (κ2) is 12.2. The van der Waals surface area contributed by atoms with Crippen molar-refractivity contribution in [2.45, 2.75) is 111 Å². The molecule has 1 aliphatic rings. The van der Waals surface area contributed by atoms with Crippen LogP contribution in [0, 0.1) is 15.5 Å². The molecule has 0 aromatic heterocycles. The molecule has 0 saturated carbocycles. The van der Waals surface area contributed by atoms with Gasteiger partial charge in [-0.05, 0) is 74.9 Å². The van der Waals surface area contributed by atoms with Gasteiger partial charge in [0.05, 0.1) is 11.0 Å². The molecule has 0 bridgehead atoms. The highest BCUT2D eigenvalue weighted by molar-refractivity contribution is 6.74. The van der Waals surface area contributed by atoms with Crippen molar-refractivity contribution in [1.29, 1.82) is 0 Å². The Balaban J connectivity index is 2.00. The van der Waals surface area contributed by atoms with Crippen molar-refractivity contribution in [3.63, 3.8) is 0 Å². The number of nitro groups is 1. The number of non-ortho nitro benzene ring substituents is 1. The van der Waals surface area contributed by atoms with E-state index < -0.39 is 24.9 Å². The fourth-order valence-electron chi connectivity index (χ4n) is 4.23. The van der Waals surface area contributed by atoms with Crippen LogP contribution in [-0.2, 0) is 20.5 Å². The number of nitro benzene ring substituents is 1. The van der Waals surface area contributed by atoms with Crippen molar-refractivity contribution >= 4 is 26.2 Å². The Bertz CT molecular complexity index is 1010. The van der Waals surface area contributed by atoms with Gasteiger partial charge in [0.15, 0.2) is 8.32 Å². The lowest BCUT2D eigenvalue weighted by molar-refractivity contribution is -0.384. The van der Waals surface area contributed by atoms with E-state index >= 15 is 0 Å². The number of likely N-dealkylation sites (tertiary alicyclic amines) is 1. The number of hydrogen-bond acceptors (Lipinski definition) is 7. The third-order valence-corrected chi connectivity index (χ3v) is 11.8. The van der Waals surface area contributed by atoms with E-state index in [0.717, 1.165) is 0 Å². The van der Waals surface area contributed by atoms with Crippen molar-refractivity contribution in [3.8, 4) is 0 Å². The number of nitrogens with one attached hydrogen (secondary N) is 1. The van der Waals surface area contributed by atoms with E-state index in [1.54, 1.807) is 17.0 Å². The Labute approximate surface area is 234 Å². The smallest absolute Gasteiger partial charge is 0.410 e. The number of benzene rings is 1. The SMILES string of the molecule is CC(C)(CNC(=O)OCc1ccc([N+](=O)[O-])cc1)CC1CC(O[Si](C)(C)C(C)(C)C)CN1C(=O)OC(C)(C)C. The van der Waals surface area contributed by atoms with Crippen molar-refractivity contribution in [3.05, 3.63) is 39.9 Å². The van der Waals surface area contributed by atoms with Gasteiger partial charge in [0.25, 0.3) is 5.69 Å². The summed E-state index contributed by atoms with van der Waals surface area (Å²) in [6, 6.07) is 5.77. The number of nitrogens with zero attached hydrogens (tertiary/aromatic N) is 2. The van der Waals surface area contributed by atoms with Gasteiger partial charge in [-0.25, -0.2) is 9.59 Å². The number of carbonyl (C=O) groups excluding carboxylic acids is 2. The molecule has 10 nitrogen and oxygen atoms in total. The molecular weight excluding hydrogens is 518 g/mol. The maximum atomic E-state index is 13.1. The van der Waals surface area contributed by atoms with Crippen molar-refractivity contribution in [1.82, 2.24) is 10.2 Å². The summed E-state index contributed by atoms with van der Waals surface area (Å²) in [6.45, 7) is 21.5. The van der Waals surface area contributed by atoms with E-state index in [-0.39, 0.29) is 41.0 Å². The van der Waals surface area contributed by atoms with Crippen LogP contribution in [0.25, 0.3) is 0 Å².